The molecule has 3 heteroatoms. The maximum absolute atomic E-state index is 13.5. The molecule has 3 unspecified atom stereocenters. The molecule has 0 amide bonds. The Labute approximate surface area is 109 Å². The van der Waals surface area contributed by atoms with Crippen molar-refractivity contribution in [3.8, 4) is 0 Å². The number of alkyl halides is 1. The summed E-state index contributed by atoms with van der Waals surface area (Å²) < 4.78 is 26.3. The van der Waals surface area contributed by atoms with Crippen LogP contribution in [0.5, 0.6) is 0 Å². The first kappa shape index (κ1) is 11.6. The lowest BCUT2D eigenvalue weighted by Gasteiger charge is -2.12. The van der Waals surface area contributed by atoms with Gasteiger partial charge in [0.05, 0.1) is 0 Å². The number of hydrogen-bond donors (Lipinski definition) is 0. The van der Waals surface area contributed by atoms with Gasteiger partial charge in [-0.3, -0.25) is 0 Å². The van der Waals surface area contributed by atoms with Crippen molar-refractivity contribution in [3.63, 3.8) is 0 Å². The van der Waals surface area contributed by atoms with Gasteiger partial charge in [-0.05, 0) is 48.6 Å². The van der Waals surface area contributed by atoms with Crippen LogP contribution in [-0.4, -0.2) is 4.83 Å². The van der Waals surface area contributed by atoms with Crippen molar-refractivity contribution in [2.24, 2.45) is 17.8 Å². The van der Waals surface area contributed by atoms with Crippen LogP contribution in [0.1, 0.15) is 24.8 Å². The molecule has 0 N–H and O–H groups in total. The van der Waals surface area contributed by atoms with Gasteiger partial charge >= 0.3 is 0 Å². The molecule has 0 nitrogen and oxygen atoms in total. The third kappa shape index (κ3) is 2.14. The second kappa shape index (κ2) is 4.34. The third-order valence-electron chi connectivity index (χ3n) is 4.32. The quantitative estimate of drug-likeness (QED) is 0.730. The summed E-state index contributed by atoms with van der Waals surface area (Å²) in [6, 6.07) is 3.88. The highest BCUT2D eigenvalue weighted by atomic mass is 79.9. The van der Waals surface area contributed by atoms with Crippen LogP contribution in [0.25, 0.3) is 0 Å². The first-order valence-electron chi connectivity index (χ1n) is 6.25. The van der Waals surface area contributed by atoms with Crippen molar-refractivity contribution in [1.29, 1.82) is 0 Å². The molecule has 0 aromatic heterocycles. The van der Waals surface area contributed by atoms with Gasteiger partial charge in [-0.15, -0.1) is 0 Å². The van der Waals surface area contributed by atoms with Gasteiger partial charge in [0, 0.05) is 10.9 Å². The lowest BCUT2D eigenvalue weighted by atomic mass is 10.0. The molecule has 92 valence electrons. The van der Waals surface area contributed by atoms with Crippen molar-refractivity contribution in [1.82, 2.24) is 0 Å². The molecule has 3 atom stereocenters. The summed E-state index contributed by atoms with van der Waals surface area (Å²) in [5, 5.41) is 0. The number of fused-ring (bicyclic) bond motifs is 1. The lowest BCUT2D eigenvalue weighted by Crippen LogP contribution is -2.10. The molecule has 1 aromatic rings. The zero-order valence-corrected chi connectivity index (χ0v) is 11.1. The lowest BCUT2D eigenvalue weighted by molar-refractivity contribution is 0.545. The van der Waals surface area contributed by atoms with Crippen LogP contribution in [-0.2, 0) is 6.42 Å². The molecule has 0 saturated heterocycles. The highest BCUT2D eigenvalue weighted by Gasteiger charge is 2.55. The topological polar surface area (TPSA) is 0 Å². The first-order valence-corrected chi connectivity index (χ1v) is 7.16. The third-order valence-corrected chi connectivity index (χ3v) is 5.25. The molecule has 0 heterocycles. The van der Waals surface area contributed by atoms with E-state index >= 15 is 0 Å². The summed E-state index contributed by atoms with van der Waals surface area (Å²) in [7, 11) is 0. The standard InChI is InChI=1S/C14H15BrF2/c15-12(14-10-2-1-3-11(10)14)6-8-4-5-9(16)7-13(8)17/h4-5,7,10-12,14H,1-3,6H2. The second-order valence-corrected chi connectivity index (χ2v) is 6.47. The summed E-state index contributed by atoms with van der Waals surface area (Å²) in [5.74, 6) is 1.53. The molecule has 2 fully saturated rings. The summed E-state index contributed by atoms with van der Waals surface area (Å²) in [6.45, 7) is 0. The monoisotopic (exact) mass is 300 g/mol. The van der Waals surface area contributed by atoms with Crippen LogP contribution in [0.3, 0.4) is 0 Å². The molecule has 0 spiro atoms. The Morgan fingerprint density at radius 3 is 2.59 bits per heavy atom. The highest BCUT2D eigenvalue weighted by molar-refractivity contribution is 9.09. The molecule has 2 aliphatic rings. The zero-order chi connectivity index (χ0) is 12.0. The van der Waals surface area contributed by atoms with Crippen molar-refractivity contribution in [3.05, 3.63) is 35.4 Å². The first-order chi connectivity index (χ1) is 8.16. The summed E-state index contributed by atoms with van der Waals surface area (Å²) >= 11 is 3.69. The Kier molecular flexibility index (Phi) is 2.97. The smallest absolute Gasteiger partial charge is 0.129 e. The molecule has 3 rings (SSSR count). The second-order valence-electron chi connectivity index (χ2n) is 5.29. The normalized spacial score (nSPS) is 32.3. The van der Waals surface area contributed by atoms with E-state index in [-0.39, 0.29) is 0 Å². The van der Waals surface area contributed by atoms with Crippen LogP contribution in [0, 0.1) is 29.4 Å². The predicted octanol–water partition coefficient (Wildman–Crippen LogP) is 4.32. The fourth-order valence-electron chi connectivity index (χ4n) is 3.45. The van der Waals surface area contributed by atoms with Gasteiger partial charge in [-0.25, -0.2) is 8.78 Å². The SMILES string of the molecule is Fc1ccc(CC(Br)C2C3CCCC32)c(F)c1. The number of benzene rings is 1. The van der Waals surface area contributed by atoms with Crippen LogP contribution in [0.2, 0.25) is 0 Å². The molecule has 0 radical (unpaired) electrons. The van der Waals surface area contributed by atoms with Gasteiger partial charge in [0.25, 0.3) is 0 Å². The molecule has 17 heavy (non-hydrogen) atoms. The van der Waals surface area contributed by atoms with Crippen molar-refractivity contribution < 1.29 is 8.78 Å². The van der Waals surface area contributed by atoms with Crippen LogP contribution in [0.15, 0.2) is 18.2 Å². The molecule has 2 saturated carbocycles. The summed E-state index contributed by atoms with van der Waals surface area (Å²) in [6.07, 6.45) is 4.70. The van der Waals surface area contributed by atoms with E-state index in [1.807, 2.05) is 0 Å². The van der Waals surface area contributed by atoms with E-state index in [1.165, 1.54) is 25.3 Å². The van der Waals surface area contributed by atoms with E-state index in [0.717, 1.165) is 17.9 Å². The van der Waals surface area contributed by atoms with Crippen LogP contribution in [0.4, 0.5) is 8.78 Å². The molecular formula is C14H15BrF2. The molecule has 2 aliphatic carbocycles. The zero-order valence-electron chi connectivity index (χ0n) is 9.50. The van der Waals surface area contributed by atoms with Gasteiger partial charge in [0.15, 0.2) is 0 Å². The number of halogens is 3. The van der Waals surface area contributed by atoms with Crippen molar-refractivity contribution in [2.45, 2.75) is 30.5 Å². The number of rotatable bonds is 3. The van der Waals surface area contributed by atoms with E-state index in [2.05, 4.69) is 15.9 Å². The average molecular weight is 301 g/mol. The Hall–Kier alpha value is -0.440. The summed E-state index contributed by atoms with van der Waals surface area (Å²) in [4.78, 5) is 0.345. The molecular weight excluding hydrogens is 286 g/mol. The van der Waals surface area contributed by atoms with E-state index in [9.17, 15) is 8.78 Å². The van der Waals surface area contributed by atoms with Crippen LogP contribution >= 0.6 is 15.9 Å². The minimum atomic E-state index is -0.499. The van der Waals surface area contributed by atoms with Gasteiger partial charge in [-0.1, -0.05) is 28.4 Å². The Bertz CT molecular complexity index is 422. The van der Waals surface area contributed by atoms with E-state index in [4.69, 9.17) is 0 Å². The molecule has 0 aliphatic heterocycles. The molecule has 1 aromatic carbocycles. The Morgan fingerprint density at radius 2 is 1.94 bits per heavy atom. The predicted molar refractivity (Wildman–Crippen MR) is 67.1 cm³/mol. The van der Waals surface area contributed by atoms with Gasteiger partial charge in [-0.2, -0.15) is 0 Å². The van der Waals surface area contributed by atoms with E-state index in [1.54, 1.807) is 6.07 Å². The van der Waals surface area contributed by atoms with E-state index in [0.29, 0.717) is 22.7 Å². The fourth-order valence-corrected chi connectivity index (χ4v) is 4.58. The minimum Gasteiger partial charge on any atom is -0.207 e. The Balaban J connectivity index is 1.66. The number of hydrogen-bond acceptors (Lipinski definition) is 0. The average Bonchev–Trinajstić information content (AvgIpc) is 2.77. The molecule has 0 bridgehead atoms. The largest absolute Gasteiger partial charge is 0.207 e. The van der Waals surface area contributed by atoms with E-state index < -0.39 is 11.6 Å². The van der Waals surface area contributed by atoms with Crippen LogP contribution < -0.4 is 0 Å². The fraction of sp³-hybridized carbons (Fsp3) is 0.571. The highest BCUT2D eigenvalue weighted by Crippen LogP contribution is 2.60. The minimum absolute atomic E-state index is 0.345. The van der Waals surface area contributed by atoms with Gasteiger partial charge in [0.1, 0.15) is 11.6 Å². The maximum Gasteiger partial charge on any atom is 0.129 e. The Morgan fingerprint density at radius 1 is 1.24 bits per heavy atom. The van der Waals surface area contributed by atoms with Gasteiger partial charge < -0.3 is 0 Å². The summed E-state index contributed by atoms with van der Waals surface area (Å²) in [5.41, 5.74) is 0.623. The van der Waals surface area contributed by atoms with Gasteiger partial charge in [0.2, 0.25) is 0 Å². The van der Waals surface area contributed by atoms with Crippen molar-refractivity contribution >= 4 is 15.9 Å². The van der Waals surface area contributed by atoms with Crippen molar-refractivity contribution in [2.75, 3.05) is 0 Å². The maximum atomic E-state index is 13.5.